The van der Waals surface area contributed by atoms with Crippen molar-refractivity contribution in [3.8, 4) is 0 Å². The maximum Gasteiger partial charge on any atom is 0.215 e. The molecule has 0 bridgehead atoms. The van der Waals surface area contributed by atoms with Crippen molar-refractivity contribution in [2.24, 2.45) is 0 Å². The molecule has 4 nitrogen and oxygen atoms in total. The Kier molecular flexibility index (Phi) is 5.51. The monoisotopic (exact) mass is 363 g/mol. The lowest BCUT2D eigenvalue weighted by molar-refractivity contribution is 0.0517. The van der Waals surface area contributed by atoms with Crippen LogP contribution in [0.1, 0.15) is 24.0 Å². The van der Waals surface area contributed by atoms with Crippen molar-refractivity contribution in [3.63, 3.8) is 0 Å². The van der Waals surface area contributed by atoms with Crippen LogP contribution in [0, 0.1) is 5.82 Å². The second-order valence-corrected chi connectivity index (χ2v) is 8.27. The number of ether oxygens (including phenoxy) is 1. The summed E-state index contributed by atoms with van der Waals surface area (Å²) in [6.07, 6.45) is 1.40. The Morgan fingerprint density at radius 3 is 2.28 bits per heavy atom. The summed E-state index contributed by atoms with van der Waals surface area (Å²) in [6.45, 7) is 1.42. The lowest BCUT2D eigenvalue weighted by Gasteiger charge is -2.38. The van der Waals surface area contributed by atoms with Gasteiger partial charge < -0.3 is 4.74 Å². The molecule has 2 aromatic carbocycles. The van der Waals surface area contributed by atoms with Crippen LogP contribution in [0.25, 0.3) is 0 Å². The molecule has 1 heterocycles. The van der Waals surface area contributed by atoms with Crippen LogP contribution in [0.4, 0.5) is 4.39 Å². The van der Waals surface area contributed by atoms with Crippen molar-refractivity contribution in [3.05, 3.63) is 71.5 Å². The molecule has 6 heteroatoms. The van der Waals surface area contributed by atoms with Crippen LogP contribution in [-0.2, 0) is 25.9 Å². The number of benzene rings is 2. The average molecular weight is 363 g/mol. The van der Waals surface area contributed by atoms with E-state index < -0.39 is 10.0 Å². The van der Waals surface area contributed by atoms with Gasteiger partial charge in [-0.15, -0.1) is 0 Å². The van der Waals surface area contributed by atoms with E-state index >= 15 is 0 Å². The van der Waals surface area contributed by atoms with Gasteiger partial charge in [0.1, 0.15) is 5.82 Å². The summed E-state index contributed by atoms with van der Waals surface area (Å²) in [5, 5.41) is 0. The molecule has 0 radical (unpaired) electrons. The zero-order chi connectivity index (χ0) is 17.8. The number of nitrogens with one attached hydrogen (secondary N) is 1. The molecule has 0 unspecified atom stereocenters. The Hall–Kier alpha value is -1.76. The largest absolute Gasteiger partial charge is 0.381 e. The van der Waals surface area contributed by atoms with Crippen LogP contribution < -0.4 is 4.72 Å². The molecule has 1 aliphatic heterocycles. The van der Waals surface area contributed by atoms with Crippen LogP contribution in [0.5, 0.6) is 0 Å². The van der Waals surface area contributed by atoms with Crippen LogP contribution in [0.2, 0.25) is 0 Å². The number of hydrogen-bond acceptors (Lipinski definition) is 3. The van der Waals surface area contributed by atoms with E-state index in [1.54, 1.807) is 24.3 Å². The molecular formula is C19H22FNO3S. The molecule has 1 saturated heterocycles. The van der Waals surface area contributed by atoms with Crippen LogP contribution in [0.15, 0.2) is 54.6 Å². The van der Waals surface area contributed by atoms with E-state index in [-0.39, 0.29) is 23.5 Å². The Labute approximate surface area is 148 Å². The van der Waals surface area contributed by atoms with E-state index in [9.17, 15) is 12.8 Å². The molecule has 0 atom stereocenters. The average Bonchev–Trinajstić information content (AvgIpc) is 2.62. The highest BCUT2D eigenvalue weighted by Gasteiger charge is 2.35. The summed E-state index contributed by atoms with van der Waals surface area (Å²) in [5.74, 6) is -0.347. The summed E-state index contributed by atoms with van der Waals surface area (Å²) >= 11 is 0. The Balaban J connectivity index is 1.75. The van der Waals surface area contributed by atoms with Crippen molar-refractivity contribution in [1.82, 2.24) is 4.72 Å². The van der Waals surface area contributed by atoms with Crippen molar-refractivity contribution >= 4 is 10.0 Å². The van der Waals surface area contributed by atoms with Gasteiger partial charge in [-0.2, -0.15) is 0 Å². The first-order valence-corrected chi connectivity index (χ1v) is 9.99. The van der Waals surface area contributed by atoms with Gasteiger partial charge in [-0.3, -0.25) is 0 Å². The predicted molar refractivity (Wildman–Crippen MR) is 95.2 cm³/mol. The highest BCUT2D eigenvalue weighted by molar-refractivity contribution is 7.88. The number of halogens is 1. The van der Waals surface area contributed by atoms with Crippen LogP contribution >= 0.6 is 0 Å². The van der Waals surface area contributed by atoms with Gasteiger partial charge in [0.05, 0.1) is 5.75 Å². The van der Waals surface area contributed by atoms with Crippen molar-refractivity contribution in [2.75, 3.05) is 19.8 Å². The lowest BCUT2D eigenvalue weighted by atomic mass is 9.74. The second-order valence-electron chi connectivity index (χ2n) is 6.47. The van der Waals surface area contributed by atoms with E-state index in [2.05, 4.69) is 4.72 Å². The minimum atomic E-state index is -3.45. The van der Waals surface area contributed by atoms with Gasteiger partial charge >= 0.3 is 0 Å². The number of sulfonamides is 1. The lowest BCUT2D eigenvalue weighted by Crippen LogP contribution is -2.44. The summed E-state index contributed by atoms with van der Waals surface area (Å²) in [7, 11) is -3.45. The van der Waals surface area contributed by atoms with Gasteiger partial charge in [-0.05, 0) is 36.1 Å². The minimum Gasteiger partial charge on any atom is -0.381 e. The molecule has 2 aromatic rings. The molecule has 0 amide bonds. The molecular weight excluding hydrogens is 341 g/mol. The summed E-state index contributed by atoms with van der Waals surface area (Å²) in [5.41, 5.74) is 1.33. The van der Waals surface area contributed by atoms with Gasteiger partial charge in [0.25, 0.3) is 0 Å². The number of hydrogen-bond donors (Lipinski definition) is 1. The van der Waals surface area contributed by atoms with Gasteiger partial charge in [0, 0.05) is 25.2 Å². The fraction of sp³-hybridized carbons (Fsp3) is 0.368. The maximum atomic E-state index is 13.3. The molecule has 1 aliphatic rings. The highest BCUT2D eigenvalue weighted by Crippen LogP contribution is 2.34. The normalized spacial score (nSPS) is 17.3. The Morgan fingerprint density at radius 1 is 1.00 bits per heavy atom. The topological polar surface area (TPSA) is 55.4 Å². The first kappa shape index (κ1) is 18.0. The Bertz CT molecular complexity index is 785. The molecule has 0 aromatic heterocycles. The first-order chi connectivity index (χ1) is 12.0. The molecule has 134 valence electrons. The summed E-state index contributed by atoms with van der Waals surface area (Å²) in [4.78, 5) is 0. The summed E-state index contributed by atoms with van der Waals surface area (Å²) < 4.78 is 46.4. The molecule has 1 fully saturated rings. The predicted octanol–water partition coefficient (Wildman–Crippen LogP) is 2.99. The van der Waals surface area contributed by atoms with E-state index in [1.807, 2.05) is 18.2 Å². The fourth-order valence-electron chi connectivity index (χ4n) is 3.23. The van der Waals surface area contributed by atoms with Gasteiger partial charge in [0.15, 0.2) is 0 Å². The molecule has 1 N–H and O–H groups in total. The maximum absolute atomic E-state index is 13.3. The van der Waals surface area contributed by atoms with Crippen LogP contribution in [0.3, 0.4) is 0 Å². The van der Waals surface area contributed by atoms with Crippen molar-refractivity contribution in [1.29, 1.82) is 0 Å². The molecule has 3 rings (SSSR count). The molecule has 25 heavy (non-hydrogen) atoms. The number of rotatable bonds is 6. The quantitative estimate of drug-likeness (QED) is 0.858. The zero-order valence-electron chi connectivity index (χ0n) is 13.9. The SMILES string of the molecule is O=S(=O)(Cc1ccccc1)NCC1(c2ccc(F)cc2)CCOCC1. The van der Waals surface area contributed by atoms with E-state index in [0.717, 1.165) is 11.1 Å². The van der Waals surface area contributed by atoms with Gasteiger partial charge in [-0.1, -0.05) is 42.5 Å². The van der Waals surface area contributed by atoms with Gasteiger partial charge in [0.2, 0.25) is 10.0 Å². The zero-order valence-corrected chi connectivity index (χ0v) is 14.8. The van der Waals surface area contributed by atoms with Crippen LogP contribution in [-0.4, -0.2) is 28.2 Å². The minimum absolute atomic E-state index is 0.0517. The third-order valence-corrected chi connectivity index (χ3v) is 6.03. The third-order valence-electron chi connectivity index (χ3n) is 4.74. The fourth-order valence-corrected chi connectivity index (χ4v) is 4.46. The Morgan fingerprint density at radius 2 is 1.64 bits per heavy atom. The van der Waals surface area contributed by atoms with Crippen molar-refractivity contribution in [2.45, 2.75) is 24.0 Å². The second kappa shape index (κ2) is 7.64. The highest BCUT2D eigenvalue weighted by atomic mass is 32.2. The smallest absolute Gasteiger partial charge is 0.215 e. The third kappa shape index (κ3) is 4.66. The summed E-state index contributed by atoms with van der Waals surface area (Å²) in [6, 6.07) is 15.4. The van der Waals surface area contributed by atoms with E-state index in [4.69, 9.17) is 4.74 Å². The standard InChI is InChI=1S/C19H22FNO3S/c20-18-8-6-17(7-9-18)19(10-12-24-13-11-19)15-21-25(22,23)14-16-4-2-1-3-5-16/h1-9,21H,10-15H2. The van der Waals surface area contributed by atoms with Gasteiger partial charge in [-0.25, -0.2) is 17.5 Å². The van der Waals surface area contributed by atoms with E-state index in [0.29, 0.717) is 26.1 Å². The van der Waals surface area contributed by atoms with Crippen molar-refractivity contribution < 1.29 is 17.5 Å². The molecule has 0 spiro atoms. The molecule has 0 saturated carbocycles. The van der Waals surface area contributed by atoms with E-state index in [1.165, 1.54) is 12.1 Å². The first-order valence-electron chi connectivity index (χ1n) is 8.34. The molecule has 0 aliphatic carbocycles.